The second-order valence-electron chi connectivity index (χ2n) is 5.81. The summed E-state index contributed by atoms with van der Waals surface area (Å²) in [6.45, 7) is 3.45. The van der Waals surface area contributed by atoms with Crippen LogP contribution >= 0.6 is 11.3 Å². The molecule has 1 unspecified atom stereocenters. The van der Waals surface area contributed by atoms with Crippen LogP contribution in [-0.2, 0) is 11.2 Å². The molecule has 2 heterocycles. The maximum Gasteiger partial charge on any atom is 0.228 e. The number of amides is 1. The van der Waals surface area contributed by atoms with Crippen molar-refractivity contribution in [2.75, 3.05) is 13.1 Å². The topological polar surface area (TPSA) is 59.2 Å². The summed E-state index contributed by atoms with van der Waals surface area (Å²) in [5.41, 5.74) is 8.94. The van der Waals surface area contributed by atoms with Gasteiger partial charge in [0, 0.05) is 30.1 Å². The van der Waals surface area contributed by atoms with E-state index in [0.717, 1.165) is 35.7 Å². The molecule has 1 amide bonds. The van der Waals surface area contributed by atoms with Gasteiger partial charge in [0.25, 0.3) is 0 Å². The van der Waals surface area contributed by atoms with Crippen LogP contribution in [0.2, 0.25) is 0 Å². The molecule has 1 saturated heterocycles. The zero-order valence-electron chi connectivity index (χ0n) is 12.8. The molecule has 116 valence electrons. The first-order valence-electron chi connectivity index (χ1n) is 7.68. The monoisotopic (exact) mass is 315 g/mol. The van der Waals surface area contributed by atoms with Crippen LogP contribution in [0.15, 0.2) is 29.6 Å². The van der Waals surface area contributed by atoms with E-state index in [2.05, 4.69) is 36.2 Å². The summed E-state index contributed by atoms with van der Waals surface area (Å²) < 4.78 is 0. The number of rotatable bonds is 4. The number of aryl methyl sites for hydroxylation is 1. The Bertz CT molecular complexity index is 650. The Hall–Kier alpha value is -1.72. The first-order chi connectivity index (χ1) is 10.7. The number of carbonyl (C=O) groups excluding carboxylic acids is 1. The Labute approximate surface area is 135 Å². The lowest BCUT2D eigenvalue weighted by Gasteiger charge is -2.23. The number of thiazole rings is 1. The van der Waals surface area contributed by atoms with Gasteiger partial charge in [-0.05, 0) is 19.8 Å². The quantitative estimate of drug-likeness (QED) is 0.943. The van der Waals surface area contributed by atoms with Gasteiger partial charge in [0.2, 0.25) is 5.91 Å². The molecule has 1 aromatic heterocycles. The molecule has 1 atom stereocenters. The molecule has 0 bridgehead atoms. The van der Waals surface area contributed by atoms with Crippen LogP contribution < -0.4 is 5.73 Å². The van der Waals surface area contributed by atoms with E-state index in [1.165, 1.54) is 5.56 Å². The van der Waals surface area contributed by atoms with Gasteiger partial charge in [0.1, 0.15) is 5.01 Å². The molecule has 1 fully saturated rings. The number of nitrogens with zero attached hydrogens (tertiary/aromatic N) is 2. The number of hydrogen-bond acceptors (Lipinski definition) is 4. The lowest BCUT2D eigenvalue weighted by atomic mass is 10.2. The molecule has 4 nitrogen and oxygen atoms in total. The molecule has 1 aromatic carbocycles. The first-order valence-corrected chi connectivity index (χ1v) is 8.56. The Morgan fingerprint density at radius 3 is 2.91 bits per heavy atom. The van der Waals surface area contributed by atoms with Crippen molar-refractivity contribution in [3.63, 3.8) is 0 Å². The van der Waals surface area contributed by atoms with Crippen molar-refractivity contribution in [1.29, 1.82) is 0 Å². The summed E-state index contributed by atoms with van der Waals surface area (Å²) in [5.74, 6) is 0.147. The normalized spacial score (nSPS) is 17.9. The van der Waals surface area contributed by atoms with Crippen LogP contribution in [0, 0.1) is 6.92 Å². The summed E-state index contributed by atoms with van der Waals surface area (Å²) in [7, 11) is 0. The van der Waals surface area contributed by atoms with Crippen LogP contribution in [0.1, 0.15) is 24.1 Å². The molecule has 2 aromatic rings. The highest BCUT2D eigenvalue weighted by Crippen LogP contribution is 2.25. The van der Waals surface area contributed by atoms with Crippen LogP contribution in [0.3, 0.4) is 0 Å². The summed E-state index contributed by atoms with van der Waals surface area (Å²) in [4.78, 5) is 18.9. The highest BCUT2D eigenvalue weighted by atomic mass is 32.1. The molecule has 0 spiro atoms. The van der Waals surface area contributed by atoms with Gasteiger partial charge in [-0.3, -0.25) is 4.79 Å². The minimum absolute atomic E-state index is 0.147. The van der Waals surface area contributed by atoms with Crippen molar-refractivity contribution < 1.29 is 4.79 Å². The maximum atomic E-state index is 12.4. The second-order valence-corrected chi connectivity index (χ2v) is 6.66. The summed E-state index contributed by atoms with van der Waals surface area (Å²) in [6.07, 6.45) is 2.45. The van der Waals surface area contributed by atoms with E-state index in [-0.39, 0.29) is 11.9 Å². The molecule has 3 rings (SSSR count). The van der Waals surface area contributed by atoms with Gasteiger partial charge in [0.15, 0.2) is 0 Å². The van der Waals surface area contributed by atoms with Crippen molar-refractivity contribution in [3.8, 4) is 10.6 Å². The summed E-state index contributed by atoms with van der Waals surface area (Å²) in [5, 5.41) is 2.96. The number of benzene rings is 1. The smallest absolute Gasteiger partial charge is 0.228 e. The average molecular weight is 315 g/mol. The Balaban J connectivity index is 1.69. The highest BCUT2D eigenvalue weighted by Gasteiger charge is 2.27. The highest BCUT2D eigenvalue weighted by molar-refractivity contribution is 7.13. The van der Waals surface area contributed by atoms with E-state index in [4.69, 9.17) is 5.73 Å². The average Bonchev–Trinajstić information content (AvgIpc) is 3.16. The third-order valence-electron chi connectivity index (χ3n) is 4.15. The summed E-state index contributed by atoms with van der Waals surface area (Å²) in [6, 6.07) is 8.52. The molecule has 1 aliphatic heterocycles. The van der Waals surface area contributed by atoms with Crippen molar-refractivity contribution in [2.45, 2.75) is 32.2 Å². The van der Waals surface area contributed by atoms with E-state index in [1.54, 1.807) is 11.3 Å². The van der Waals surface area contributed by atoms with Crippen LogP contribution in [0.25, 0.3) is 10.6 Å². The number of nitrogens with two attached hydrogens (primary N) is 1. The van der Waals surface area contributed by atoms with Crippen molar-refractivity contribution in [2.24, 2.45) is 5.73 Å². The molecule has 0 saturated carbocycles. The predicted molar refractivity (Wildman–Crippen MR) is 89.8 cm³/mol. The van der Waals surface area contributed by atoms with Crippen molar-refractivity contribution >= 4 is 17.2 Å². The lowest BCUT2D eigenvalue weighted by molar-refractivity contribution is -0.131. The molecule has 2 N–H and O–H groups in total. The Kier molecular flexibility index (Phi) is 4.55. The van der Waals surface area contributed by atoms with E-state index in [0.29, 0.717) is 13.0 Å². The zero-order chi connectivity index (χ0) is 15.5. The van der Waals surface area contributed by atoms with Gasteiger partial charge in [0.05, 0.1) is 12.1 Å². The Morgan fingerprint density at radius 1 is 1.41 bits per heavy atom. The standard InChI is InChI=1S/C17H21N3OS/c1-12-4-6-13(7-5-12)17-19-14(11-22-17)9-16(21)20-8-2-3-15(20)10-18/h4-7,11,15H,2-3,8-10,18H2,1H3. The number of carbonyl (C=O) groups is 1. The fourth-order valence-electron chi connectivity index (χ4n) is 2.88. The van der Waals surface area contributed by atoms with Crippen molar-refractivity contribution in [1.82, 2.24) is 9.88 Å². The van der Waals surface area contributed by atoms with Gasteiger partial charge in [-0.25, -0.2) is 4.98 Å². The van der Waals surface area contributed by atoms with Crippen LogP contribution in [-0.4, -0.2) is 34.9 Å². The molecule has 5 heteroatoms. The number of likely N-dealkylation sites (tertiary alicyclic amines) is 1. The fraction of sp³-hybridized carbons (Fsp3) is 0.412. The molecule has 0 aliphatic carbocycles. The lowest BCUT2D eigenvalue weighted by Crippen LogP contribution is -2.40. The predicted octanol–water partition coefficient (Wildman–Crippen LogP) is 2.61. The van der Waals surface area contributed by atoms with Crippen LogP contribution in [0.4, 0.5) is 0 Å². The van der Waals surface area contributed by atoms with E-state index in [1.807, 2.05) is 10.3 Å². The SMILES string of the molecule is Cc1ccc(-c2nc(CC(=O)N3CCCC3CN)cs2)cc1. The number of hydrogen-bond donors (Lipinski definition) is 1. The van der Waals surface area contributed by atoms with Crippen molar-refractivity contribution in [3.05, 3.63) is 40.9 Å². The molecule has 1 aliphatic rings. The van der Waals surface area contributed by atoms with Gasteiger partial charge in [-0.1, -0.05) is 29.8 Å². The molecule has 0 radical (unpaired) electrons. The zero-order valence-corrected chi connectivity index (χ0v) is 13.6. The third kappa shape index (κ3) is 3.20. The van der Waals surface area contributed by atoms with E-state index in [9.17, 15) is 4.79 Å². The molecular formula is C17H21N3OS. The van der Waals surface area contributed by atoms with Gasteiger partial charge < -0.3 is 10.6 Å². The summed E-state index contributed by atoms with van der Waals surface area (Å²) >= 11 is 1.59. The molecule has 22 heavy (non-hydrogen) atoms. The van der Waals surface area contributed by atoms with Crippen LogP contribution in [0.5, 0.6) is 0 Å². The van der Waals surface area contributed by atoms with E-state index < -0.39 is 0 Å². The van der Waals surface area contributed by atoms with E-state index >= 15 is 0 Å². The van der Waals surface area contributed by atoms with Gasteiger partial charge in [-0.2, -0.15) is 0 Å². The second kappa shape index (κ2) is 6.58. The first kappa shape index (κ1) is 15.2. The minimum Gasteiger partial charge on any atom is -0.338 e. The largest absolute Gasteiger partial charge is 0.338 e. The molecular weight excluding hydrogens is 294 g/mol. The van der Waals surface area contributed by atoms with Gasteiger partial charge >= 0.3 is 0 Å². The number of aromatic nitrogens is 1. The van der Waals surface area contributed by atoms with Gasteiger partial charge in [-0.15, -0.1) is 11.3 Å². The fourth-order valence-corrected chi connectivity index (χ4v) is 3.71. The maximum absolute atomic E-state index is 12.4. The third-order valence-corrected chi connectivity index (χ3v) is 5.09. The Morgan fingerprint density at radius 2 is 2.18 bits per heavy atom. The minimum atomic E-state index is 0.147.